The molecule has 0 unspecified atom stereocenters. The van der Waals surface area contributed by atoms with E-state index in [1.54, 1.807) is 0 Å². The number of hydrogen-bond donors (Lipinski definition) is 0. The Balaban J connectivity index is 2.44. The zero-order valence-corrected chi connectivity index (χ0v) is 10.5. The monoisotopic (exact) mass is 317 g/mol. The average Bonchev–Trinajstić information content (AvgIpc) is 2.37. The SMILES string of the molecule is N#Cc1c(F)cc(OC(F)(F)c2c(F)cccc2F)cc1F. The zero-order chi connectivity index (χ0) is 16.5. The predicted octanol–water partition coefficient (Wildman–Crippen LogP) is 4.24. The van der Waals surface area contributed by atoms with Crippen molar-refractivity contribution in [3.8, 4) is 11.8 Å². The second-order valence-electron chi connectivity index (χ2n) is 4.09. The fourth-order valence-corrected chi connectivity index (χ4v) is 1.69. The van der Waals surface area contributed by atoms with Gasteiger partial charge in [-0.1, -0.05) is 6.07 Å². The standard InChI is InChI=1S/C14H5F6NO/c15-9-2-1-3-10(16)13(9)14(19,20)22-7-4-11(17)8(6-21)12(18)5-7/h1-5H. The third kappa shape index (κ3) is 2.83. The van der Waals surface area contributed by atoms with E-state index in [0.717, 1.165) is 6.07 Å². The van der Waals surface area contributed by atoms with E-state index in [2.05, 4.69) is 4.74 Å². The van der Waals surface area contributed by atoms with Crippen molar-refractivity contribution >= 4 is 0 Å². The van der Waals surface area contributed by atoms with E-state index in [0.29, 0.717) is 24.3 Å². The van der Waals surface area contributed by atoms with Crippen LogP contribution in [0.2, 0.25) is 0 Å². The van der Waals surface area contributed by atoms with Crippen LogP contribution in [0.1, 0.15) is 11.1 Å². The van der Waals surface area contributed by atoms with E-state index in [9.17, 15) is 26.3 Å². The molecule has 2 aromatic rings. The summed E-state index contributed by atoms with van der Waals surface area (Å²) in [5.74, 6) is -7.08. The highest BCUT2D eigenvalue weighted by atomic mass is 19.3. The molecule has 2 rings (SSSR count). The molecule has 0 bridgehead atoms. The molecule has 0 aliphatic heterocycles. The van der Waals surface area contributed by atoms with Gasteiger partial charge in [0.25, 0.3) is 0 Å². The number of halogens is 6. The third-order valence-corrected chi connectivity index (χ3v) is 2.63. The molecule has 22 heavy (non-hydrogen) atoms. The van der Waals surface area contributed by atoms with Crippen LogP contribution in [-0.2, 0) is 6.11 Å². The lowest BCUT2D eigenvalue weighted by molar-refractivity contribution is -0.189. The molecule has 8 heteroatoms. The van der Waals surface area contributed by atoms with Crippen LogP contribution >= 0.6 is 0 Å². The van der Waals surface area contributed by atoms with Gasteiger partial charge in [-0.25, -0.2) is 17.6 Å². The Bertz CT molecular complexity index is 725. The number of hydrogen-bond acceptors (Lipinski definition) is 2. The summed E-state index contributed by atoms with van der Waals surface area (Å²) in [6.45, 7) is 0. The van der Waals surface area contributed by atoms with E-state index in [4.69, 9.17) is 5.26 Å². The molecule has 0 fully saturated rings. The zero-order valence-electron chi connectivity index (χ0n) is 10.5. The Morgan fingerprint density at radius 3 is 1.86 bits per heavy atom. The summed E-state index contributed by atoms with van der Waals surface area (Å²) >= 11 is 0. The van der Waals surface area contributed by atoms with Crippen LogP contribution in [0.3, 0.4) is 0 Å². The summed E-state index contributed by atoms with van der Waals surface area (Å²) in [6.07, 6.45) is -4.51. The second kappa shape index (κ2) is 5.60. The van der Waals surface area contributed by atoms with Gasteiger partial charge in [0, 0.05) is 12.1 Å². The Labute approximate surface area is 120 Å². The highest BCUT2D eigenvalue weighted by Crippen LogP contribution is 2.35. The number of benzene rings is 2. The first-order chi connectivity index (χ1) is 10.3. The Kier molecular flexibility index (Phi) is 3.99. The molecule has 0 amide bonds. The van der Waals surface area contributed by atoms with Crippen molar-refractivity contribution in [2.24, 2.45) is 0 Å². The lowest BCUT2D eigenvalue weighted by Gasteiger charge is -2.19. The first-order valence-corrected chi connectivity index (χ1v) is 5.66. The molecule has 0 radical (unpaired) electrons. The van der Waals surface area contributed by atoms with Gasteiger partial charge >= 0.3 is 6.11 Å². The lowest BCUT2D eigenvalue weighted by Crippen LogP contribution is -2.25. The number of alkyl halides is 2. The van der Waals surface area contributed by atoms with Crippen LogP contribution in [0.4, 0.5) is 26.3 Å². The molecular formula is C14H5F6NO. The molecular weight excluding hydrogens is 312 g/mol. The van der Waals surface area contributed by atoms with Gasteiger partial charge in [-0.2, -0.15) is 14.0 Å². The quantitative estimate of drug-likeness (QED) is 0.793. The third-order valence-electron chi connectivity index (χ3n) is 2.63. The van der Waals surface area contributed by atoms with Gasteiger partial charge in [0.1, 0.15) is 46.2 Å². The van der Waals surface area contributed by atoms with Crippen molar-refractivity contribution < 1.29 is 31.1 Å². The van der Waals surface area contributed by atoms with Crippen LogP contribution in [0.5, 0.6) is 5.75 Å². The van der Waals surface area contributed by atoms with E-state index in [1.807, 2.05) is 0 Å². The summed E-state index contributed by atoms with van der Waals surface area (Å²) in [5.41, 5.74) is -2.69. The van der Waals surface area contributed by atoms with E-state index in [-0.39, 0.29) is 0 Å². The highest BCUT2D eigenvalue weighted by molar-refractivity contribution is 5.38. The topological polar surface area (TPSA) is 33.0 Å². The number of rotatable bonds is 3. The van der Waals surface area contributed by atoms with E-state index >= 15 is 0 Å². The van der Waals surface area contributed by atoms with Crippen LogP contribution in [0.15, 0.2) is 30.3 Å². The molecule has 0 aromatic heterocycles. The minimum absolute atomic E-state index is 0.314. The maximum Gasteiger partial charge on any atom is 0.432 e. The smallest absolute Gasteiger partial charge is 0.429 e. The highest BCUT2D eigenvalue weighted by Gasteiger charge is 2.41. The van der Waals surface area contributed by atoms with Gasteiger partial charge in [-0.3, -0.25) is 0 Å². The van der Waals surface area contributed by atoms with Gasteiger partial charge in [-0.05, 0) is 12.1 Å². The number of ether oxygens (including phenoxy) is 1. The summed E-state index contributed by atoms with van der Waals surface area (Å²) < 4.78 is 84.9. The molecule has 0 aliphatic carbocycles. The van der Waals surface area contributed by atoms with Crippen molar-refractivity contribution in [1.29, 1.82) is 5.26 Å². The van der Waals surface area contributed by atoms with Crippen molar-refractivity contribution in [3.05, 3.63) is 64.7 Å². The molecule has 0 aliphatic rings. The van der Waals surface area contributed by atoms with E-state index in [1.165, 1.54) is 6.07 Å². The molecule has 114 valence electrons. The number of nitriles is 1. The molecule has 0 heterocycles. The molecule has 2 aromatic carbocycles. The molecule has 0 atom stereocenters. The average molecular weight is 317 g/mol. The number of nitrogens with zero attached hydrogens (tertiary/aromatic N) is 1. The fraction of sp³-hybridized carbons (Fsp3) is 0.0714. The summed E-state index contributed by atoms with van der Waals surface area (Å²) in [5, 5.41) is 8.46. The Morgan fingerprint density at radius 2 is 1.41 bits per heavy atom. The first kappa shape index (κ1) is 15.7. The Hall–Kier alpha value is -2.69. The van der Waals surface area contributed by atoms with E-state index < -0.39 is 46.3 Å². The van der Waals surface area contributed by atoms with Crippen molar-refractivity contribution in [2.45, 2.75) is 6.11 Å². The minimum Gasteiger partial charge on any atom is -0.429 e. The molecule has 0 spiro atoms. The fourth-order valence-electron chi connectivity index (χ4n) is 1.69. The van der Waals surface area contributed by atoms with Gasteiger partial charge < -0.3 is 4.74 Å². The maximum absolute atomic E-state index is 13.8. The summed E-state index contributed by atoms with van der Waals surface area (Å²) in [6, 6.07) is 3.84. The normalized spacial score (nSPS) is 11.1. The Morgan fingerprint density at radius 1 is 0.909 bits per heavy atom. The van der Waals surface area contributed by atoms with Crippen molar-refractivity contribution in [1.82, 2.24) is 0 Å². The first-order valence-electron chi connectivity index (χ1n) is 5.66. The van der Waals surface area contributed by atoms with Crippen LogP contribution in [0, 0.1) is 34.6 Å². The van der Waals surface area contributed by atoms with Crippen molar-refractivity contribution in [3.63, 3.8) is 0 Å². The van der Waals surface area contributed by atoms with Gasteiger partial charge in [0.15, 0.2) is 0 Å². The molecule has 0 N–H and O–H groups in total. The van der Waals surface area contributed by atoms with Gasteiger partial charge in [-0.15, -0.1) is 0 Å². The predicted molar refractivity (Wildman–Crippen MR) is 62.0 cm³/mol. The largest absolute Gasteiger partial charge is 0.432 e. The summed E-state index contributed by atoms with van der Waals surface area (Å²) in [4.78, 5) is 0. The minimum atomic E-state index is -4.51. The van der Waals surface area contributed by atoms with Crippen LogP contribution in [0.25, 0.3) is 0 Å². The van der Waals surface area contributed by atoms with Crippen LogP contribution in [-0.4, -0.2) is 0 Å². The van der Waals surface area contributed by atoms with Crippen LogP contribution < -0.4 is 4.74 Å². The summed E-state index contributed by atoms with van der Waals surface area (Å²) in [7, 11) is 0. The van der Waals surface area contributed by atoms with Gasteiger partial charge in [0.2, 0.25) is 0 Å². The molecule has 0 saturated heterocycles. The van der Waals surface area contributed by atoms with Crippen molar-refractivity contribution in [2.75, 3.05) is 0 Å². The molecule has 0 saturated carbocycles. The second-order valence-corrected chi connectivity index (χ2v) is 4.09. The lowest BCUT2D eigenvalue weighted by atomic mass is 10.1. The molecule has 2 nitrogen and oxygen atoms in total. The maximum atomic E-state index is 13.8. The van der Waals surface area contributed by atoms with Gasteiger partial charge in [0.05, 0.1) is 0 Å².